The van der Waals surface area contributed by atoms with E-state index in [1.165, 1.54) is 0 Å². The molecule has 1 saturated heterocycles. The Hall–Kier alpha value is -2.38. The maximum absolute atomic E-state index is 12.5. The lowest BCUT2D eigenvalue weighted by Gasteiger charge is -2.34. The van der Waals surface area contributed by atoms with Gasteiger partial charge in [-0.2, -0.15) is 0 Å². The van der Waals surface area contributed by atoms with Gasteiger partial charge in [0, 0.05) is 46.0 Å². The standard InChI is InChI=1S/C15H23N7O/c1-3-4-8-22-15(16-17-18-22)21-11-9-20(10-12-21)14(23)13-6-5-7-19(13)2/h5-7H,3-4,8-12H2,1-2H3. The van der Waals surface area contributed by atoms with Gasteiger partial charge in [0.25, 0.3) is 5.91 Å². The largest absolute Gasteiger partial charge is 0.347 e. The van der Waals surface area contributed by atoms with Gasteiger partial charge in [0.15, 0.2) is 0 Å². The van der Waals surface area contributed by atoms with Crippen molar-refractivity contribution in [2.45, 2.75) is 26.3 Å². The number of tetrazole rings is 1. The maximum atomic E-state index is 12.5. The van der Waals surface area contributed by atoms with E-state index in [4.69, 9.17) is 0 Å². The molecule has 2 aromatic rings. The summed E-state index contributed by atoms with van der Waals surface area (Å²) >= 11 is 0. The van der Waals surface area contributed by atoms with Gasteiger partial charge in [-0.25, -0.2) is 4.68 Å². The fraction of sp³-hybridized carbons (Fsp3) is 0.600. The molecule has 1 aliphatic heterocycles. The number of piperazine rings is 1. The minimum atomic E-state index is 0.0859. The smallest absolute Gasteiger partial charge is 0.270 e. The van der Waals surface area contributed by atoms with Gasteiger partial charge in [-0.05, 0) is 29.0 Å². The van der Waals surface area contributed by atoms with Crippen molar-refractivity contribution in [3.63, 3.8) is 0 Å². The molecule has 3 rings (SSSR count). The van der Waals surface area contributed by atoms with E-state index in [0.717, 1.165) is 44.1 Å². The number of amides is 1. The number of hydrogen-bond donors (Lipinski definition) is 0. The molecule has 3 heterocycles. The molecule has 23 heavy (non-hydrogen) atoms. The number of aryl methyl sites for hydroxylation is 2. The molecule has 1 amide bonds. The predicted octanol–water partition coefficient (Wildman–Crippen LogP) is 0.774. The molecule has 1 aliphatic rings. The SMILES string of the molecule is CCCCn1nnnc1N1CCN(C(=O)c2cccn2C)CC1. The molecule has 0 bridgehead atoms. The van der Waals surface area contributed by atoms with Crippen LogP contribution in [-0.2, 0) is 13.6 Å². The molecule has 0 aromatic carbocycles. The second kappa shape index (κ2) is 6.80. The first-order chi connectivity index (χ1) is 11.2. The average molecular weight is 317 g/mol. The number of unbranched alkanes of at least 4 members (excludes halogenated alkanes) is 1. The number of carbonyl (C=O) groups is 1. The Labute approximate surface area is 135 Å². The van der Waals surface area contributed by atoms with Crippen LogP contribution in [0.2, 0.25) is 0 Å². The monoisotopic (exact) mass is 317 g/mol. The van der Waals surface area contributed by atoms with Crippen molar-refractivity contribution >= 4 is 11.9 Å². The molecular formula is C15H23N7O. The van der Waals surface area contributed by atoms with Crippen LogP contribution in [0.15, 0.2) is 18.3 Å². The first-order valence-corrected chi connectivity index (χ1v) is 8.12. The van der Waals surface area contributed by atoms with Gasteiger partial charge in [-0.15, -0.1) is 0 Å². The summed E-state index contributed by atoms with van der Waals surface area (Å²) in [6, 6.07) is 3.76. The van der Waals surface area contributed by atoms with Crippen LogP contribution in [0.5, 0.6) is 0 Å². The minimum Gasteiger partial charge on any atom is -0.347 e. The summed E-state index contributed by atoms with van der Waals surface area (Å²) in [5, 5.41) is 12.0. The summed E-state index contributed by atoms with van der Waals surface area (Å²) < 4.78 is 3.72. The normalized spacial score (nSPS) is 15.2. The number of rotatable bonds is 5. The highest BCUT2D eigenvalue weighted by Gasteiger charge is 2.25. The Morgan fingerprint density at radius 3 is 2.70 bits per heavy atom. The summed E-state index contributed by atoms with van der Waals surface area (Å²) in [6.45, 7) is 5.86. The zero-order valence-electron chi connectivity index (χ0n) is 13.7. The lowest BCUT2D eigenvalue weighted by molar-refractivity contribution is 0.0736. The first kappa shape index (κ1) is 15.5. The van der Waals surface area contributed by atoms with Crippen LogP contribution in [-0.4, -0.2) is 61.8 Å². The van der Waals surface area contributed by atoms with Crippen LogP contribution in [0, 0.1) is 0 Å². The molecule has 0 unspecified atom stereocenters. The first-order valence-electron chi connectivity index (χ1n) is 8.12. The van der Waals surface area contributed by atoms with Crippen LogP contribution < -0.4 is 4.90 Å². The van der Waals surface area contributed by atoms with Crippen molar-refractivity contribution in [1.82, 2.24) is 29.7 Å². The molecule has 0 saturated carbocycles. The molecule has 0 atom stereocenters. The fourth-order valence-corrected chi connectivity index (χ4v) is 2.83. The van der Waals surface area contributed by atoms with Crippen LogP contribution in [0.4, 0.5) is 5.95 Å². The van der Waals surface area contributed by atoms with Crippen molar-refractivity contribution in [2.75, 3.05) is 31.1 Å². The van der Waals surface area contributed by atoms with Crippen molar-refractivity contribution in [2.24, 2.45) is 7.05 Å². The maximum Gasteiger partial charge on any atom is 0.270 e. The molecule has 0 radical (unpaired) electrons. The average Bonchev–Trinajstić information content (AvgIpc) is 3.21. The van der Waals surface area contributed by atoms with Crippen molar-refractivity contribution in [1.29, 1.82) is 0 Å². The Kier molecular flexibility index (Phi) is 4.59. The minimum absolute atomic E-state index is 0.0859. The van der Waals surface area contributed by atoms with Gasteiger partial charge in [-0.1, -0.05) is 18.4 Å². The predicted molar refractivity (Wildman–Crippen MR) is 86.3 cm³/mol. The van der Waals surface area contributed by atoms with Gasteiger partial charge in [-0.3, -0.25) is 4.79 Å². The molecular weight excluding hydrogens is 294 g/mol. The van der Waals surface area contributed by atoms with E-state index in [-0.39, 0.29) is 5.91 Å². The second-order valence-corrected chi connectivity index (χ2v) is 5.84. The third-order valence-corrected chi connectivity index (χ3v) is 4.25. The summed E-state index contributed by atoms with van der Waals surface area (Å²) in [6.07, 6.45) is 4.06. The van der Waals surface area contributed by atoms with Gasteiger partial charge < -0.3 is 14.4 Å². The van der Waals surface area contributed by atoms with Gasteiger partial charge in [0.1, 0.15) is 5.69 Å². The summed E-state index contributed by atoms with van der Waals surface area (Å²) in [4.78, 5) is 16.6. The molecule has 2 aromatic heterocycles. The lowest BCUT2D eigenvalue weighted by atomic mass is 10.3. The van der Waals surface area contributed by atoms with E-state index in [1.807, 2.05) is 39.5 Å². The molecule has 0 spiro atoms. The van der Waals surface area contributed by atoms with Crippen LogP contribution in [0.3, 0.4) is 0 Å². The Balaban J connectivity index is 1.61. The number of hydrogen-bond acceptors (Lipinski definition) is 5. The van der Waals surface area contributed by atoms with Gasteiger partial charge in [0.05, 0.1) is 0 Å². The van der Waals surface area contributed by atoms with E-state index in [2.05, 4.69) is 27.3 Å². The Morgan fingerprint density at radius 2 is 2.04 bits per heavy atom. The zero-order valence-corrected chi connectivity index (χ0v) is 13.7. The van der Waals surface area contributed by atoms with E-state index < -0.39 is 0 Å². The van der Waals surface area contributed by atoms with Crippen LogP contribution >= 0.6 is 0 Å². The highest BCUT2D eigenvalue weighted by Crippen LogP contribution is 2.15. The van der Waals surface area contributed by atoms with E-state index in [0.29, 0.717) is 13.1 Å². The van der Waals surface area contributed by atoms with Crippen molar-refractivity contribution in [3.8, 4) is 0 Å². The van der Waals surface area contributed by atoms with E-state index in [1.54, 1.807) is 0 Å². The van der Waals surface area contributed by atoms with Gasteiger partial charge >= 0.3 is 0 Å². The Morgan fingerprint density at radius 1 is 1.26 bits per heavy atom. The quantitative estimate of drug-likeness (QED) is 0.815. The van der Waals surface area contributed by atoms with Gasteiger partial charge in [0.2, 0.25) is 5.95 Å². The third-order valence-electron chi connectivity index (χ3n) is 4.25. The fourth-order valence-electron chi connectivity index (χ4n) is 2.83. The summed E-state index contributed by atoms with van der Waals surface area (Å²) in [7, 11) is 1.89. The number of anilines is 1. The topological polar surface area (TPSA) is 72.1 Å². The second-order valence-electron chi connectivity index (χ2n) is 5.84. The van der Waals surface area contributed by atoms with E-state index >= 15 is 0 Å². The number of carbonyl (C=O) groups excluding carboxylic acids is 1. The highest BCUT2D eigenvalue weighted by atomic mass is 16.2. The summed E-state index contributed by atoms with van der Waals surface area (Å²) in [5.41, 5.74) is 0.728. The summed E-state index contributed by atoms with van der Waals surface area (Å²) in [5.74, 6) is 0.896. The molecule has 0 N–H and O–H groups in total. The number of nitrogens with zero attached hydrogens (tertiary/aromatic N) is 7. The van der Waals surface area contributed by atoms with Crippen LogP contribution in [0.25, 0.3) is 0 Å². The van der Waals surface area contributed by atoms with E-state index in [9.17, 15) is 4.79 Å². The number of aromatic nitrogens is 5. The van der Waals surface area contributed by atoms with Crippen LogP contribution in [0.1, 0.15) is 30.3 Å². The molecule has 124 valence electrons. The van der Waals surface area contributed by atoms with Crippen molar-refractivity contribution in [3.05, 3.63) is 24.0 Å². The molecule has 1 fully saturated rings. The Bertz CT molecular complexity index is 654. The zero-order chi connectivity index (χ0) is 16.2. The molecule has 0 aliphatic carbocycles. The van der Waals surface area contributed by atoms with Crippen molar-refractivity contribution < 1.29 is 4.79 Å². The highest BCUT2D eigenvalue weighted by molar-refractivity contribution is 5.92. The lowest BCUT2D eigenvalue weighted by Crippen LogP contribution is -2.49. The molecule has 8 nitrogen and oxygen atoms in total. The third kappa shape index (κ3) is 3.20. The molecule has 8 heteroatoms.